The van der Waals surface area contributed by atoms with E-state index in [4.69, 9.17) is 0 Å². The van der Waals surface area contributed by atoms with Crippen molar-refractivity contribution in [2.24, 2.45) is 0 Å². The lowest BCUT2D eigenvalue weighted by atomic mass is 10.1. The third-order valence-electron chi connectivity index (χ3n) is 3.05. The highest BCUT2D eigenvalue weighted by molar-refractivity contribution is 5.78. The summed E-state index contributed by atoms with van der Waals surface area (Å²) in [6.07, 6.45) is 6.60. The predicted octanol–water partition coefficient (Wildman–Crippen LogP) is 1.43. The third-order valence-corrected chi connectivity index (χ3v) is 3.05. The van der Waals surface area contributed by atoms with Crippen LogP contribution in [0, 0.1) is 0 Å². The van der Waals surface area contributed by atoms with E-state index in [1.54, 1.807) is 36.9 Å². The van der Waals surface area contributed by atoms with E-state index in [1.165, 1.54) is 0 Å². The van der Waals surface area contributed by atoms with Gasteiger partial charge in [0.15, 0.2) is 0 Å². The first-order chi connectivity index (χ1) is 10.3. The zero-order valence-electron chi connectivity index (χ0n) is 11.0. The molecule has 0 amide bonds. The summed E-state index contributed by atoms with van der Waals surface area (Å²) in [6, 6.07) is 7.15. The van der Waals surface area contributed by atoms with E-state index in [2.05, 4.69) is 20.6 Å². The molecule has 2 N–H and O–H groups in total. The first-order valence-electron chi connectivity index (χ1n) is 6.39. The first-order valence-corrected chi connectivity index (χ1v) is 6.39. The van der Waals surface area contributed by atoms with Crippen molar-refractivity contribution < 1.29 is 0 Å². The Labute approximate surface area is 120 Å². The molecule has 3 aromatic rings. The number of nitrogens with zero attached hydrogens (tertiary/aromatic N) is 2. The summed E-state index contributed by atoms with van der Waals surface area (Å²) >= 11 is 0. The molecular formula is C15H12N4O2. The molecule has 6 nitrogen and oxygen atoms in total. The summed E-state index contributed by atoms with van der Waals surface area (Å²) in [5.41, 5.74) is 1.22. The van der Waals surface area contributed by atoms with E-state index >= 15 is 0 Å². The van der Waals surface area contributed by atoms with Crippen molar-refractivity contribution in [3.8, 4) is 0 Å². The Morgan fingerprint density at radius 3 is 2.38 bits per heavy atom. The highest BCUT2D eigenvalue weighted by atomic mass is 16.2. The summed E-state index contributed by atoms with van der Waals surface area (Å²) in [5, 5.41) is 5.91. The smallest absolute Gasteiger partial charge is 0.253 e. The second-order valence-electron chi connectivity index (χ2n) is 4.48. The SMILES string of the molecule is O=c1c(NCc2cccnc2)c(Nc2ccncc2)c1=O. The zero-order valence-corrected chi connectivity index (χ0v) is 11.0. The minimum atomic E-state index is -0.513. The fourth-order valence-corrected chi connectivity index (χ4v) is 1.95. The van der Waals surface area contributed by atoms with Gasteiger partial charge in [-0.25, -0.2) is 0 Å². The number of nitrogens with one attached hydrogen (secondary N) is 2. The van der Waals surface area contributed by atoms with E-state index in [0.717, 1.165) is 5.56 Å². The van der Waals surface area contributed by atoms with Crippen LogP contribution in [0.5, 0.6) is 0 Å². The Kier molecular flexibility index (Phi) is 3.42. The Balaban J connectivity index is 1.76. The van der Waals surface area contributed by atoms with Crippen molar-refractivity contribution in [3.63, 3.8) is 0 Å². The van der Waals surface area contributed by atoms with E-state index < -0.39 is 10.9 Å². The second-order valence-corrected chi connectivity index (χ2v) is 4.48. The van der Waals surface area contributed by atoms with Crippen LogP contribution in [-0.4, -0.2) is 9.97 Å². The Morgan fingerprint density at radius 1 is 0.905 bits per heavy atom. The average molecular weight is 280 g/mol. The Morgan fingerprint density at radius 2 is 1.67 bits per heavy atom. The fourth-order valence-electron chi connectivity index (χ4n) is 1.95. The molecule has 0 aliphatic heterocycles. The number of anilines is 3. The lowest BCUT2D eigenvalue weighted by molar-refractivity contribution is 1.10. The van der Waals surface area contributed by atoms with Crippen molar-refractivity contribution >= 4 is 17.1 Å². The number of rotatable bonds is 5. The lowest BCUT2D eigenvalue weighted by Crippen LogP contribution is -2.36. The van der Waals surface area contributed by atoms with Gasteiger partial charge in [0.05, 0.1) is 0 Å². The van der Waals surface area contributed by atoms with Crippen LogP contribution < -0.4 is 21.5 Å². The monoisotopic (exact) mass is 280 g/mol. The summed E-state index contributed by atoms with van der Waals surface area (Å²) < 4.78 is 0. The quantitative estimate of drug-likeness (QED) is 0.688. The number of aromatic nitrogens is 2. The molecule has 104 valence electrons. The summed E-state index contributed by atoms with van der Waals surface area (Å²) in [6.45, 7) is 0.434. The molecule has 2 aromatic heterocycles. The van der Waals surface area contributed by atoms with Crippen LogP contribution in [-0.2, 0) is 6.54 Å². The Hall–Kier alpha value is -3.02. The van der Waals surface area contributed by atoms with Crippen molar-refractivity contribution in [2.75, 3.05) is 10.6 Å². The molecular weight excluding hydrogens is 268 g/mol. The maximum absolute atomic E-state index is 11.6. The van der Waals surface area contributed by atoms with Gasteiger partial charge >= 0.3 is 0 Å². The molecule has 0 spiro atoms. The van der Waals surface area contributed by atoms with E-state index in [-0.39, 0.29) is 5.69 Å². The molecule has 0 unspecified atom stereocenters. The zero-order chi connectivity index (χ0) is 14.7. The number of pyridine rings is 2. The van der Waals surface area contributed by atoms with Gasteiger partial charge in [-0.1, -0.05) is 6.07 Å². The van der Waals surface area contributed by atoms with Gasteiger partial charge in [0.25, 0.3) is 10.9 Å². The standard InChI is InChI=1S/C15H12N4O2/c20-14-12(18-9-10-2-1-5-17-8-10)13(15(14)21)19-11-3-6-16-7-4-11/h1-8,18H,9H2,(H,16,19). The minimum Gasteiger partial charge on any atom is -0.376 e. The largest absolute Gasteiger partial charge is 0.376 e. The molecule has 3 rings (SSSR count). The minimum absolute atomic E-state index is 0.287. The fraction of sp³-hybridized carbons (Fsp3) is 0.0667. The molecule has 1 aromatic carbocycles. The molecule has 0 saturated heterocycles. The van der Waals surface area contributed by atoms with Crippen LogP contribution in [0.3, 0.4) is 0 Å². The molecule has 0 atom stereocenters. The van der Waals surface area contributed by atoms with E-state index in [9.17, 15) is 9.59 Å². The average Bonchev–Trinajstić information content (AvgIpc) is 2.55. The molecule has 0 aliphatic carbocycles. The van der Waals surface area contributed by atoms with Crippen LogP contribution in [0.2, 0.25) is 0 Å². The van der Waals surface area contributed by atoms with E-state index in [0.29, 0.717) is 17.9 Å². The molecule has 0 saturated carbocycles. The van der Waals surface area contributed by atoms with Gasteiger partial charge in [0, 0.05) is 37.0 Å². The highest BCUT2D eigenvalue weighted by Crippen LogP contribution is 2.20. The molecule has 0 aliphatic rings. The topological polar surface area (TPSA) is 84.0 Å². The summed E-state index contributed by atoms with van der Waals surface area (Å²) in [7, 11) is 0. The number of hydrogen-bond acceptors (Lipinski definition) is 6. The highest BCUT2D eigenvalue weighted by Gasteiger charge is 2.20. The lowest BCUT2D eigenvalue weighted by Gasteiger charge is -2.14. The number of hydrogen-bond donors (Lipinski definition) is 2. The summed E-state index contributed by atoms with van der Waals surface area (Å²) in [5.74, 6) is 0. The van der Waals surface area contributed by atoms with Crippen LogP contribution in [0.25, 0.3) is 0 Å². The van der Waals surface area contributed by atoms with Crippen molar-refractivity contribution in [2.45, 2.75) is 6.54 Å². The molecule has 0 radical (unpaired) electrons. The maximum atomic E-state index is 11.6. The molecule has 21 heavy (non-hydrogen) atoms. The second kappa shape index (κ2) is 5.54. The van der Waals surface area contributed by atoms with Crippen LogP contribution in [0.4, 0.5) is 17.1 Å². The van der Waals surface area contributed by atoms with Gasteiger partial charge in [-0.05, 0) is 23.8 Å². The van der Waals surface area contributed by atoms with Crippen molar-refractivity contribution in [1.29, 1.82) is 0 Å². The van der Waals surface area contributed by atoms with Crippen LogP contribution in [0.1, 0.15) is 5.56 Å². The normalized spacial score (nSPS) is 10.5. The first kappa shape index (κ1) is 13.0. The van der Waals surface area contributed by atoms with Gasteiger partial charge in [-0.2, -0.15) is 0 Å². The van der Waals surface area contributed by atoms with Gasteiger partial charge < -0.3 is 10.6 Å². The Bertz CT molecular complexity index is 809. The van der Waals surface area contributed by atoms with Gasteiger partial charge in [-0.15, -0.1) is 0 Å². The maximum Gasteiger partial charge on any atom is 0.253 e. The molecule has 0 fully saturated rings. The van der Waals surface area contributed by atoms with Crippen LogP contribution >= 0.6 is 0 Å². The predicted molar refractivity (Wildman–Crippen MR) is 80.4 cm³/mol. The third kappa shape index (κ3) is 2.64. The molecule has 2 heterocycles. The van der Waals surface area contributed by atoms with Gasteiger partial charge in [0.2, 0.25) is 0 Å². The molecule has 6 heteroatoms. The molecule has 0 bridgehead atoms. The summed E-state index contributed by atoms with van der Waals surface area (Å²) in [4.78, 5) is 31.2. The van der Waals surface area contributed by atoms with Crippen molar-refractivity contribution in [3.05, 3.63) is 75.1 Å². The van der Waals surface area contributed by atoms with Gasteiger partial charge in [0.1, 0.15) is 11.4 Å². The van der Waals surface area contributed by atoms with E-state index in [1.807, 2.05) is 12.1 Å². The van der Waals surface area contributed by atoms with Gasteiger partial charge in [-0.3, -0.25) is 19.6 Å². The van der Waals surface area contributed by atoms with Crippen molar-refractivity contribution in [1.82, 2.24) is 9.97 Å². The van der Waals surface area contributed by atoms with Crippen LogP contribution in [0.15, 0.2) is 58.6 Å².